The predicted molar refractivity (Wildman–Crippen MR) is 116 cm³/mol. The molecule has 2 aromatic heterocycles. The highest BCUT2D eigenvalue weighted by molar-refractivity contribution is 7.09. The molecule has 152 valence electrons. The minimum atomic E-state index is -0.326. The van der Waals surface area contributed by atoms with E-state index in [1.54, 1.807) is 36.6 Å². The van der Waals surface area contributed by atoms with E-state index in [1.807, 2.05) is 47.8 Å². The van der Waals surface area contributed by atoms with E-state index in [0.717, 1.165) is 16.2 Å². The number of thiophene rings is 1. The van der Waals surface area contributed by atoms with Crippen LogP contribution in [0.1, 0.15) is 15.2 Å². The lowest BCUT2D eigenvalue weighted by Gasteiger charge is -2.09. The molecule has 0 amide bonds. The van der Waals surface area contributed by atoms with Gasteiger partial charge in [-0.2, -0.15) is 9.67 Å². The fraction of sp³-hybridized carbons (Fsp3) is 0.136. The quantitative estimate of drug-likeness (QED) is 0.480. The molecule has 0 saturated carbocycles. The van der Waals surface area contributed by atoms with Crippen molar-refractivity contribution in [1.29, 1.82) is 0 Å². The first-order valence-corrected chi connectivity index (χ1v) is 10.1. The highest BCUT2D eigenvalue weighted by atomic mass is 32.1. The summed E-state index contributed by atoms with van der Waals surface area (Å²) in [6.07, 6.45) is 0. The molecule has 2 heterocycles. The maximum Gasteiger partial charge on any atom is 0.285 e. The zero-order valence-corrected chi connectivity index (χ0v) is 17.3. The lowest BCUT2D eigenvalue weighted by Crippen LogP contribution is -2.18. The van der Waals surface area contributed by atoms with Crippen molar-refractivity contribution in [2.24, 2.45) is 0 Å². The Bertz CT molecular complexity index is 1140. The molecule has 0 aliphatic carbocycles. The molecule has 7 nitrogen and oxygen atoms in total. The number of para-hydroxylation sites is 1. The van der Waals surface area contributed by atoms with Crippen LogP contribution in [-0.4, -0.2) is 34.9 Å². The number of carbonyl (C=O) groups excluding carboxylic acids is 1. The molecule has 0 aliphatic rings. The summed E-state index contributed by atoms with van der Waals surface area (Å²) in [5.74, 6) is 1.70. The van der Waals surface area contributed by atoms with Gasteiger partial charge in [-0.05, 0) is 47.8 Å². The summed E-state index contributed by atoms with van der Waals surface area (Å²) in [7, 11) is 3.15. The Labute approximate surface area is 177 Å². The van der Waals surface area contributed by atoms with E-state index < -0.39 is 0 Å². The largest absolute Gasteiger partial charge is 0.497 e. The molecule has 0 spiro atoms. The summed E-state index contributed by atoms with van der Waals surface area (Å²) < 4.78 is 11.8. The van der Waals surface area contributed by atoms with Gasteiger partial charge in [0.25, 0.3) is 5.91 Å². The maximum atomic E-state index is 13.3. The van der Waals surface area contributed by atoms with E-state index in [1.165, 1.54) is 11.8 Å². The first-order valence-electron chi connectivity index (χ1n) is 9.25. The number of rotatable bonds is 7. The van der Waals surface area contributed by atoms with Gasteiger partial charge >= 0.3 is 0 Å². The maximum absolute atomic E-state index is 13.3. The van der Waals surface area contributed by atoms with E-state index in [2.05, 4.69) is 15.4 Å². The van der Waals surface area contributed by atoms with Crippen molar-refractivity contribution in [3.8, 4) is 22.9 Å². The summed E-state index contributed by atoms with van der Waals surface area (Å²) in [6.45, 7) is 0.539. The van der Waals surface area contributed by atoms with Gasteiger partial charge in [0.15, 0.2) is 5.82 Å². The van der Waals surface area contributed by atoms with Crippen LogP contribution in [0.4, 0.5) is 5.95 Å². The van der Waals surface area contributed by atoms with Crippen LogP contribution in [0.25, 0.3) is 11.4 Å². The summed E-state index contributed by atoms with van der Waals surface area (Å²) in [4.78, 5) is 19.0. The average molecular weight is 420 g/mol. The molecular weight excluding hydrogens is 400 g/mol. The highest BCUT2D eigenvalue weighted by Gasteiger charge is 2.21. The van der Waals surface area contributed by atoms with Gasteiger partial charge in [0.05, 0.1) is 26.3 Å². The molecule has 0 unspecified atom stereocenters. The van der Waals surface area contributed by atoms with Crippen molar-refractivity contribution >= 4 is 23.2 Å². The fourth-order valence-electron chi connectivity index (χ4n) is 2.95. The molecule has 2 aromatic carbocycles. The molecule has 0 atom stereocenters. The lowest BCUT2D eigenvalue weighted by molar-refractivity contribution is 0.0944. The van der Waals surface area contributed by atoms with E-state index in [0.29, 0.717) is 29.6 Å². The summed E-state index contributed by atoms with van der Waals surface area (Å²) >= 11 is 1.63. The van der Waals surface area contributed by atoms with E-state index in [4.69, 9.17) is 9.47 Å². The van der Waals surface area contributed by atoms with Gasteiger partial charge < -0.3 is 14.8 Å². The highest BCUT2D eigenvalue weighted by Crippen LogP contribution is 2.24. The number of ether oxygens (including phenoxy) is 2. The Morgan fingerprint density at radius 1 is 1.03 bits per heavy atom. The standard InChI is InChI=1S/C22H20N4O3S/c1-28-16-11-9-15(10-12-16)20-24-22(23-14-17-6-5-13-30-17)26(25-20)21(27)18-7-3-4-8-19(18)29-2/h3-13H,14H2,1-2H3,(H,23,24,25). The molecule has 0 saturated heterocycles. The molecule has 0 aliphatic heterocycles. The van der Waals surface area contributed by atoms with Crippen LogP contribution in [-0.2, 0) is 6.54 Å². The van der Waals surface area contributed by atoms with Crippen LogP contribution in [0, 0.1) is 0 Å². The molecule has 4 aromatic rings. The lowest BCUT2D eigenvalue weighted by atomic mass is 10.2. The van der Waals surface area contributed by atoms with Crippen LogP contribution in [0.2, 0.25) is 0 Å². The number of carbonyl (C=O) groups is 1. The van der Waals surface area contributed by atoms with Gasteiger partial charge in [-0.3, -0.25) is 4.79 Å². The van der Waals surface area contributed by atoms with Crippen molar-refractivity contribution in [3.63, 3.8) is 0 Å². The molecule has 30 heavy (non-hydrogen) atoms. The number of benzene rings is 2. The first kappa shape index (κ1) is 19.7. The Morgan fingerprint density at radius 3 is 2.53 bits per heavy atom. The Balaban J connectivity index is 1.72. The number of nitrogens with one attached hydrogen (secondary N) is 1. The number of hydrogen-bond acceptors (Lipinski definition) is 7. The number of anilines is 1. The third kappa shape index (κ3) is 4.04. The van der Waals surface area contributed by atoms with E-state index in [-0.39, 0.29) is 5.91 Å². The number of aromatic nitrogens is 3. The zero-order chi connectivity index (χ0) is 20.9. The molecule has 0 fully saturated rings. The zero-order valence-electron chi connectivity index (χ0n) is 16.5. The van der Waals surface area contributed by atoms with Crippen LogP contribution < -0.4 is 14.8 Å². The summed E-state index contributed by atoms with van der Waals surface area (Å²) in [5, 5.41) is 9.72. The first-order chi connectivity index (χ1) is 14.7. The topological polar surface area (TPSA) is 78.3 Å². The van der Waals surface area contributed by atoms with Crippen molar-refractivity contribution in [3.05, 3.63) is 76.5 Å². The van der Waals surface area contributed by atoms with Crippen molar-refractivity contribution in [1.82, 2.24) is 14.8 Å². The Hall–Kier alpha value is -3.65. The monoisotopic (exact) mass is 420 g/mol. The van der Waals surface area contributed by atoms with Crippen molar-refractivity contribution < 1.29 is 14.3 Å². The number of nitrogens with zero attached hydrogens (tertiary/aromatic N) is 3. The number of hydrogen-bond donors (Lipinski definition) is 1. The van der Waals surface area contributed by atoms with Crippen molar-refractivity contribution in [2.75, 3.05) is 19.5 Å². The predicted octanol–water partition coefficient (Wildman–Crippen LogP) is 4.32. The molecule has 1 N–H and O–H groups in total. The van der Waals surface area contributed by atoms with Crippen LogP contribution in [0.15, 0.2) is 66.0 Å². The van der Waals surface area contributed by atoms with Gasteiger partial charge in [0, 0.05) is 10.4 Å². The molecular formula is C22H20N4O3S. The second-order valence-electron chi connectivity index (χ2n) is 6.34. The van der Waals surface area contributed by atoms with E-state index >= 15 is 0 Å². The Kier molecular flexibility index (Phi) is 5.76. The van der Waals surface area contributed by atoms with Crippen LogP contribution >= 0.6 is 11.3 Å². The second kappa shape index (κ2) is 8.79. The molecule has 0 bridgehead atoms. The third-order valence-electron chi connectivity index (χ3n) is 4.49. The minimum Gasteiger partial charge on any atom is -0.497 e. The van der Waals surface area contributed by atoms with Crippen LogP contribution in [0.5, 0.6) is 11.5 Å². The molecule has 4 rings (SSSR count). The normalized spacial score (nSPS) is 10.6. The molecule has 8 heteroatoms. The van der Waals surface area contributed by atoms with Gasteiger partial charge in [-0.1, -0.05) is 18.2 Å². The number of methoxy groups -OCH3 is 2. The van der Waals surface area contributed by atoms with E-state index in [9.17, 15) is 4.79 Å². The summed E-state index contributed by atoms with van der Waals surface area (Å²) in [6, 6.07) is 18.4. The van der Waals surface area contributed by atoms with Gasteiger partial charge in [-0.25, -0.2) is 0 Å². The van der Waals surface area contributed by atoms with Crippen LogP contribution in [0.3, 0.4) is 0 Å². The summed E-state index contributed by atoms with van der Waals surface area (Å²) in [5.41, 5.74) is 1.19. The smallest absolute Gasteiger partial charge is 0.285 e. The Morgan fingerprint density at radius 2 is 1.83 bits per heavy atom. The average Bonchev–Trinajstić information content (AvgIpc) is 3.47. The van der Waals surface area contributed by atoms with Gasteiger partial charge in [0.1, 0.15) is 11.5 Å². The van der Waals surface area contributed by atoms with Crippen molar-refractivity contribution in [2.45, 2.75) is 6.54 Å². The minimum absolute atomic E-state index is 0.326. The fourth-order valence-corrected chi connectivity index (χ4v) is 3.59. The second-order valence-corrected chi connectivity index (χ2v) is 7.37. The SMILES string of the molecule is COc1ccc(-c2nc(NCc3cccs3)n(C(=O)c3ccccc3OC)n2)cc1. The van der Waals surface area contributed by atoms with Gasteiger partial charge in [0.2, 0.25) is 5.95 Å². The molecule has 0 radical (unpaired) electrons. The van der Waals surface area contributed by atoms with Gasteiger partial charge in [-0.15, -0.1) is 16.4 Å². The third-order valence-corrected chi connectivity index (χ3v) is 5.36.